The van der Waals surface area contributed by atoms with Gasteiger partial charge in [-0.05, 0) is 30.7 Å². The molecule has 0 bridgehead atoms. The summed E-state index contributed by atoms with van der Waals surface area (Å²) in [6.07, 6.45) is 3.52. The van der Waals surface area contributed by atoms with Crippen LogP contribution in [0.1, 0.15) is 39.1 Å². The van der Waals surface area contributed by atoms with Gasteiger partial charge >= 0.3 is 0 Å². The van der Waals surface area contributed by atoms with Crippen LogP contribution in [0.15, 0.2) is 66.0 Å². The molecule has 174 valence electrons. The van der Waals surface area contributed by atoms with Crippen LogP contribution in [0.2, 0.25) is 0 Å². The maximum atomic E-state index is 14.5. The number of hydrogen-bond donors (Lipinski definition) is 3. The van der Waals surface area contributed by atoms with Crippen molar-refractivity contribution in [1.29, 1.82) is 0 Å². The van der Waals surface area contributed by atoms with Crippen molar-refractivity contribution in [3.05, 3.63) is 83.2 Å². The van der Waals surface area contributed by atoms with Crippen molar-refractivity contribution in [2.24, 2.45) is 0 Å². The highest BCUT2D eigenvalue weighted by molar-refractivity contribution is 5.82. The average molecular weight is 461 g/mol. The topological polar surface area (TPSA) is 113 Å². The van der Waals surface area contributed by atoms with Gasteiger partial charge in [-0.3, -0.25) is 10.2 Å². The third kappa shape index (κ3) is 4.29. The number of imidazole rings is 1. The second kappa shape index (κ2) is 10.1. The van der Waals surface area contributed by atoms with E-state index in [4.69, 9.17) is 0 Å². The zero-order valence-electron chi connectivity index (χ0n) is 19.1. The molecule has 0 aliphatic rings. The van der Waals surface area contributed by atoms with Gasteiger partial charge in [0.2, 0.25) is 0 Å². The van der Waals surface area contributed by atoms with Gasteiger partial charge in [0.25, 0.3) is 5.56 Å². The van der Waals surface area contributed by atoms with Gasteiger partial charge in [0.1, 0.15) is 23.0 Å². The SMILES string of the molecule is CC.CCC(Nc1ncnc2nc[nH]c12)c1nc2cccc(F)c2c(=O)n1Nc1ccccc1. The van der Waals surface area contributed by atoms with Crippen LogP contribution in [-0.4, -0.2) is 29.6 Å². The highest BCUT2D eigenvalue weighted by Crippen LogP contribution is 2.25. The number of nitrogens with zero attached hydrogens (tertiary/aromatic N) is 5. The monoisotopic (exact) mass is 460 g/mol. The van der Waals surface area contributed by atoms with Crippen molar-refractivity contribution in [2.45, 2.75) is 33.2 Å². The van der Waals surface area contributed by atoms with Crippen LogP contribution < -0.4 is 16.3 Å². The summed E-state index contributed by atoms with van der Waals surface area (Å²) in [7, 11) is 0. The van der Waals surface area contributed by atoms with E-state index in [1.54, 1.807) is 6.07 Å². The van der Waals surface area contributed by atoms with E-state index < -0.39 is 17.4 Å². The number of aromatic amines is 1. The Labute approximate surface area is 195 Å². The summed E-state index contributed by atoms with van der Waals surface area (Å²) in [5.41, 5.74) is 4.66. The molecule has 0 saturated carbocycles. The number of benzene rings is 2. The van der Waals surface area contributed by atoms with Crippen LogP contribution in [0.4, 0.5) is 15.9 Å². The van der Waals surface area contributed by atoms with Gasteiger partial charge < -0.3 is 10.3 Å². The van der Waals surface area contributed by atoms with E-state index in [-0.39, 0.29) is 10.9 Å². The van der Waals surface area contributed by atoms with E-state index in [1.165, 1.54) is 29.5 Å². The van der Waals surface area contributed by atoms with Crippen LogP contribution in [0.25, 0.3) is 22.1 Å². The maximum Gasteiger partial charge on any atom is 0.283 e. The summed E-state index contributed by atoms with van der Waals surface area (Å²) in [5.74, 6) is 0.302. The predicted octanol–water partition coefficient (Wildman–Crippen LogP) is 4.67. The van der Waals surface area contributed by atoms with Crippen molar-refractivity contribution in [2.75, 3.05) is 10.7 Å². The number of halogens is 1. The lowest BCUT2D eigenvalue weighted by Gasteiger charge is -2.22. The van der Waals surface area contributed by atoms with E-state index in [2.05, 4.69) is 35.7 Å². The zero-order valence-corrected chi connectivity index (χ0v) is 19.1. The van der Waals surface area contributed by atoms with Gasteiger partial charge in [-0.1, -0.05) is 45.0 Å². The Hall–Kier alpha value is -4.34. The van der Waals surface area contributed by atoms with Gasteiger partial charge in [-0.25, -0.2) is 29.0 Å². The molecule has 3 aromatic heterocycles. The standard InChI is InChI=1S/C22H19FN8O.C2H6/c1-2-15(28-20-18-19(25-11-24-18)26-12-27-20)21-29-16-10-6-9-14(23)17(16)22(32)31(21)30-13-7-4-3-5-8-13;1-2/h3-12,15,30H,2H2,1H3,(H2,24,25,26,27,28);1-2H3. The van der Waals surface area contributed by atoms with Crippen LogP contribution in [0.3, 0.4) is 0 Å². The molecule has 0 spiro atoms. The molecule has 2 aromatic carbocycles. The average Bonchev–Trinajstić information content (AvgIpc) is 3.36. The Balaban J connectivity index is 0.00000133. The fourth-order valence-corrected chi connectivity index (χ4v) is 3.58. The number of aromatic nitrogens is 6. The maximum absolute atomic E-state index is 14.5. The summed E-state index contributed by atoms with van der Waals surface area (Å²) in [6.45, 7) is 5.96. The minimum Gasteiger partial charge on any atom is -0.358 e. The number of nitrogens with one attached hydrogen (secondary N) is 3. The first kappa shape index (κ1) is 22.8. The molecule has 0 amide bonds. The molecule has 0 aliphatic carbocycles. The summed E-state index contributed by atoms with van der Waals surface area (Å²) >= 11 is 0. The second-order valence-electron chi connectivity index (χ2n) is 7.15. The summed E-state index contributed by atoms with van der Waals surface area (Å²) in [4.78, 5) is 33.6. The Morgan fingerprint density at radius 1 is 1.06 bits per heavy atom. The number of fused-ring (bicyclic) bond motifs is 2. The molecule has 34 heavy (non-hydrogen) atoms. The molecule has 5 rings (SSSR count). The number of rotatable bonds is 6. The third-order valence-electron chi connectivity index (χ3n) is 5.14. The Bertz CT molecular complexity index is 1460. The summed E-state index contributed by atoms with van der Waals surface area (Å²) in [6, 6.07) is 13.2. The molecular weight excluding hydrogens is 435 g/mol. The normalized spacial score (nSPS) is 11.6. The fourth-order valence-electron chi connectivity index (χ4n) is 3.58. The zero-order chi connectivity index (χ0) is 24.1. The van der Waals surface area contributed by atoms with Crippen LogP contribution in [0.5, 0.6) is 0 Å². The molecule has 0 fully saturated rings. The van der Waals surface area contributed by atoms with Crippen molar-refractivity contribution >= 4 is 33.6 Å². The van der Waals surface area contributed by atoms with Gasteiger partial charge in [-0.15, -0.1) is 0 Å². The molecule has 0 radical (unpaired) electrons. The van der Waals surface area contributed by atoms with Crippen molar-refractivity contribution in [1.82, 2.24) is 29.6 Å². The molecule has 5 aromatic rings. The molecule has 10 heteroatoms. The fraction of sp³-hybridized carbons (Fsp3) is 0.208. The predicted molar refractivity (Wildman–Crippen MR) is 131 cm³/mol. The number of para-hydroxylation sites is 1. The van der Waals surface area contributed by atoms with Gasteiger partial charge in [0.05, 0.1) is 23.6 Å². The molecule has 3 heterocycles. The minimum atomic E-state index is -0.619. The molecular formula is C24H25FN8O. The first-order valence-corrected chi connectivity index (χ1v) is 11.1. The molecule has 1 unspecified atom stereocenters. The summed E-state index contributed by atoms with van der Waals surface area (Å²) in [5, 5.41) is 3.25. The Morgan fingerprint density at radius 2 is 1.85 bits per heavy atom. The van der Waals surface area contributed by atoms with Crippen LogP contribution >= 0.6 is 0 Å². The lowest BCUT2D eigenvalue weighted by atomic mass is 10.1. The molecule has 0 saturated heterocycles. The van der Waals surface area contributed by atoms with Crippen molar-refractivity contribution in [3.8, 4) is 0 Å². The van der Waals surface area contributed by atoms with Gasteiger partial charge in [0.15, 0.2) is 17.3 Å². The van der Waals surface area contributed by atoms with Gasteiger partial charge in [0, 0.05) is 0 Å². The first-order chi connectivity index (χ1) is 16.7. The van der Waals surface area contributed by atoms with E-state index in [0.717, 1.165) is 0 Å². The van der Waals surface area contributed by atoms with E-state index >= 15 is 0 Å². The molecule has 1 atom stereocenters. The largest absolute Gasteiger partial charge is 0.358 e. The Morgan fingerprint density at radius 3 is 2.62 bits per heavy atom. The summed E-state index contributed by atoms with van der Waals surface area (Å²) < 4.78 is 15.8. The third-order valence-corrected chi connectivity index (χ3v) is 5.14. The molecule has 9 nitrogen and oxygen atoms in total. The van der Waals surface area contributed by atoms with E-state index in [1.807, 2.05) is 51.1 Å². The van der Waals surface area contributed by atoms with E-state index in [9.17, 15) is 9.18 Å². The quantitative estimate of drug-likeness (QED) is 0.337. The van der Waals surface area contributed by atoms with Crippen LogP contribution in [-0.2, 0) is 0 Å². The lowest BCUT2D eigenvalue weighted by molar-refractivity contribution is 0.622. The number of hydrogen-bond acceptors (Lipinski definition) is 7. The molecule has 0 aliphatic heterocycles. The first-order valence-electron chi connectivity index (χ1n) is 11.1. The minimum absolute atomic E-state index is 0.0764. The highest BCUT2D eigenvalue weighted by atomic mass is 19.1. The van der Waals surface area contributed by atoms with Crippen molar-refractivity contribution < 1.29 is 4.39 Å². The van der Waals surface area contributed by atoms with Crippen LogP contribution in [0, 0.1) is 5.82 Å². The number of anilines is 2. The van der Waals surface area contributed by atoms with Gasteiger partial charge in [-0.2, -0.15) is 0 Å². The highest BCUT2D eigenvalue weighted by Gasteiger charge is 2.22. The van der Waals surface area contributed by atoms with Crippen molar-refractivity contribution in [3.63, 3.8) is 0 Å². The molecule has 3 N–H and O–H groups in total. The number of H-pyrrole nitrogens is 1. The second-order valence-corrected chi connectivity index (χ2v) is 7.15. The smallest absolute Gasteiger partial charge is 0.283 e. The lowest BCUT2D eigenvalue weighted by Crippen LogP contribution is -2.34. The Kier molecular flexibility index (Phi) is 6.77. The van der Waals surface area contributed by atoms with E-state index in [0.29, 0.717) is 34.9 Å².